The molecule has 0 aliphatic carbocycles. The molecule has 0 unspecified atom stereocenters. The third-order valence-corrected chi connectivity index (χ3v) is 4.93. The number of phenolic OH excluding ortho intramolecular Hbond substituents is 1. The molecule has 1 fully saturated rings. The molecule has 0 radical (unpaired) electrons. The predicted octanol–water partition coefficient (Wildman–Crippen LogP) is 2.99. The average molecular weight is 374 g/mol. The Bertz CT molecular complexity index is 746. The van der Waals surface area contributed by atoms with Gasteiger partial charge in [0.2, 0.25) is 0 Å². The number of nitrogens with zero attached hydrogens (tertiary/aromatic N) is 2. The SMILES string of the molecule is C[C@H](CN1CCN(c2ccccc2)CC1)NC(=O)c1cc(O)ccc1Cl. The number of carbonyl (C=O) groups is 1. The van der Waals surface area contributed by atoms with Crippen LogP contribution in [0.4, 0.5) is 5.69 Å². The molecule has 138 valence electrons. The third-order valence-electron chi connectivity index (χ3n) is 4.60. The van der Waals surface area contributed by atoms with E-state index in [1.165, 1.54) is 23.9 Å². The van der Waals surface area contributed by atoms with Gasteiger partial charge in [-0.05, 0) is 37.3 Å². The standard InChI is InChI=1S/C20H24ClN3O2/c1-15(22-20(26)18-13-17(25)7-8-19(18)21)14-23-9-11-24(12-10-23)16-5-3-2-4-6-16/h2-8,13,15,25H,9-12,14H2,1H3,(H,22,26)/t15-/m1/s1. The summed E-state index contributed by atoms with van der Waals surface area (Å²) in [6.07, 6.45) is 0. The van der Waals surface area contributed by atoms with Gasteiger partial charge in [-0.2, -0.15) is 0 Å². The maximum Gasteiger partial charge on any atom is 0.253 e. The number of rotatable bonds is 5. The molecular weight excluding hydrogens is 350 g/mol. The molecule has 1 heterocycles. The van der Waals surface area contributed by atoms with Crippen LogP contribution in [0.3, 0.4) is 0 Å². The van der Waals surface area contributed by atoms with E-state index in [1.54, 1.807) is 0 Å². The van der Waals surface area contributed by atoms with Gasteiger partial charge in [-0.15, -0.1) is 0 Å². The van der Waals surface area contributed by atoms with Crippen LogP contribution in [0.25, 0.3) is 0 Å². The molecule has 2 aromatic rings. The van der Waals surface area contributed by atoms with E-state index in [1.807, 2.05) is 13.0 Å². The number of anilines is 1. The van der Waals surface area contributed by atoms with Gasteiger partial charge < -0.3 is 15.3 Å². The number of nitrogens with one attached hydrogen (secondary N) is 1. The lowest BCUT2D eigenvalue weighted by molar-refractivity contribution is 0.0928. The molecule has 0 aromatic heterocycles. The molecule has 1 saturated heterocycles. The quantitative estimate of drug-likeness (QED) is 0.846. The van der Waals surface area contributed by atoms with Crippen molar-refractivity contribution in [3.8, 4) is 5.75 Å². The topological polar surface area (TPSA) is 55.8 Å². The highest BCUT2D eigenvalue weighted by atomic mass is 35.5. The molecule has 2 aromatic carbocycles. The van der Waals surface area contributed by atoms with Crippen LogP contribution in [0, 0.1) is 0 Å². The van der Waals surface area contributed by atoms with E-state index in [0.717, 1.165) is 32.7 Å². The lowest BCUT2D eigenvalue weighted by atomic mass is 10.1. The van der Waals surface area contributed by atoms with Gasteiger partial charge in [0.05, 0.1) is 10.6 Å². The number of aromatic hydroxyl groups is 1. The number of para-hydroxylation sites is 1. The summed E-state index contributed by atoms with van der Waals surface area (Å²) in [5, 5.41) is 12.9. The molecule has 1 amide bonds. The van der Waals surface area contributed by atoms with Gasteiger partial charge in [0.25, 0.3) is 5.91 Å². The first-order valence-corrected chi connectivity index (χ1v) is 9.22. The van der Waals surface area contributed by atoms with Crippen molar-refractivity contribution in [2.75, 3.05) is 37.6 Å². The summed E-state index contributed by atoms with van der Waals surface area (Å²) < 4.78 is 0. The zero-order chi connectivity index (χ0) is 18.5. The average Bonchev–Trinajstić information content (AvgIpc) is 2.65. The highest BCUT2D eigenvalue weighted by Gasteiger charge is 2.20. The Labute approximate surface area is 159 Å². The molecule has 0 saturated carbocycles. The second-order valence-electron chi connectivity index (χ2n) is 6.66. The Morgan fingerprint density at radius 1 is 1.15 bits per heavy atom. The van der Waals surface area contributed by atoms with Gasteiger partial charge in [0.15, 0.2) is 0 Å². The normalized spacial score (nSPS) is 16.3. The van der Waals surface area contributed by atoms with Gasteiger partial charge in [0.1, 0.15) is 5.75 Å². The second-order valence-corrected chi connectivity index (χ2v) is 7.07. The monoisotopic (exact) mass is 373 g/mol. The van der Waals surface area contributed by atoms with E-state index in [-0.39, 0.29) is 17.7 Å². The van der Waals surface area contributed by atoms with Crippen LogP contribution >= 0.6 is 11.6 Å². The van der Waals surface area contributed by atoms with Crippen LogP contribution < -0.4 is 10.2 Å². The van der Waals surface area contributed by atoms with Gasteiger partial charge in [-0.1, -0.05) is 29.8 Å². The van der Waals surface area contributed by atoms with Crippen molar-refractivity contribution in [3.05, 3.63) is 59.1 Å². The number of benzene rings is 2. The summed E-state index contributed by atoms with van der Waals surface area (Å²) in [5.41, 5.74) is 1.56. The number of amides is 1. The minimum atomic E-state index is -0.263. The van der Waals surface area contributed by atoms with Crippen molar-refractivity contribution in [2.45, 2.75) is 13.0 Å². The van der Waals surface area contributed by atoms with Crippen molar-refractivity contribution in [1.82, 2.24) is 10.2 Å². The Balaban J connectivity index is 1.49. The largest absolute Gasteiger partial charge is 0.508 e. The predicted molar refractivity (Wildman–Crippen MR) is 105 cm³/mol. The fraction of sp³-hybridized carbons (Fsp3) is 0.350. The number of phenols is 1. The van der Waals surface area contributed by atoms with Crippen LogP contribution in [-0.4, -0.2) is 54.7 Å². The first-order valence-electron chi connectivity index (χ1n) is 8.84. The van der Waals surface area contributed by atoms with Crippen molar-refractivity contribution in [1.29, 1.82) is 0 Å². The minimum Gasteiger partial charge on any atom is -0.508 e. The van der Waals surface area contributed by atoms with Gasteiger partial charge in [-0.3, -0.25) is 9.69 Å². The van der Waals surface area contributed by atoms with E-state index < -0.39 is 0 Å². The van der Waals surface area contributed by atoms with E-state index in [9.17, 15) is 9.90 Å². The summed E-state index contributed by atoms with van der Waals surface area (Å²) in [4.78, 5) is 17.1. The summed E-state index contributed by atoms with van der Waals surface area (Å²) in [5.74, 6) is -0.231. The minimum absolute atomic E-state index is 0.0100. The van der Waals surface area contributed by atoms with Crippen molar-refractivity contribution >= 4 is 23.2 Å². The van der Waals surface area contributed by atoms with Gasteiger partial charge in [0, 0.05) is 44.5 Å². The highest BCUT2D eigenvalue weighted by Crippen LogP contribution is 2.21. The fourth-order valence-corrected chi connectivity index (χ4v) is 3.45. The molecule has 0 spiro atoms. The number of hydrogen-bond acceptors (Lipinski definition) is 4. The second kappa shape index (κ2) is 8.43. The van der Waals surface area contributed by atoms with Crippen LogP contribution in [0.1, 0.15) is 17.3 Å². The Hall–Kier alpha value is -2.24. The van der Waals surface area contributed by atoms with Crippen LogP contribution in [0.2, 0.25) is 5.02 Å². The molecule has 1 aliphatic rings. The Kier molecular flexibility index (Phi) is 6.01. The van der Waals surface area contributed by atoms with E-state index in [0.29, 0.717) is 10.6 Å². The molecule has 6 heteroatoms. The van der Waals surface area contributed by atoms with Crippen LogP contribution in [-0.2, 0) is 0 Å². The first-order chi connectivity index (χ1) is 12.5. The smallest absolute Gasteiger partial charge is 0.253 e. The summed E-state index contributed by atoms with van der Waals surface area (Å²) in [6.45, 7) is 6.64. The zero-order valence-corrected chi connectivity index (χ0v) is 15.6. The van der Waals surface area contributed by atoms with Gasteiger partial charge >= 0.3 is 0 Å². The van der Waals surface area contributed by atoms with E-state index >= 15 is 0 Å². The maximum absolute atomic E-state index is 12.4. The number of hydrogen-bond donors (Lipinski definition) is 2. The van der Waals surface area contributed by atoms with E-state index in [4.69, 9.17) is 11.6 Å². The Morgan fingerprint density at radius 3 is 2.54 bits per heavy atom. The van der Waals surface area contributed by atoms with Gasteiger partial charge in [-0.25, -0.2) is 0 Å². The third kappa shape index (κ3) is 4.68. The maximum atomic E-state index is 12.4. The lowest BCUT2D eigenvalue weighted by Crippen LogP contribution is -2.50. The zero-order valence-electron chi connectivity index (χ0n) is 14.9. The molecule has 3 rings (SSSR count). The lowest BCUT2D eigenvalue weighted by Gasteiger charge is -2.37. The number of halogens is 1. The van der Waals surface area contributed by atoms with Crippen molar-refractivity contribution in [3.63, 3.8) is 0 Å². The molecule has 2 N–H and O–H groups in total. The highest BCUT2D eigenvalue weighted by molar-refractivity contribution is 6.33. The molecule has 1 atom stereocenters. The van der Waals surface area contributed by atoms with Crippen molar-refractivity contribution in [2.24, 2.45) is 0 Å². The molecular formula is C20H24ClN3O2. The van der Waals surface area contributed by atoms with Crippen LogP contribution in [0.5, 0.6) is 5.75 Å². The number of carbonyl (C=O) groups excluding carboxylic acids is 1. The summed E-state index contributed by atoms with van der Waals surface area (Å²) >= 11 is 6.05. The molecule has 5 nitrogen and oxygen atoms in total. The van der Waals surface area contributed by atoms with E-state index in [2.05, 4.69) is 39.4 Å². The Morgan fingerprint density at radius 2 is 1.85 bits per heavy atom. The fourth-order valence-electron chi connectivity index (χ4n) is 3.25. The molecule has 1 aliphatic heterocycles. The molecule has 0 bridgehead atoms. The first kappa shape index (κ1) is 18.5. The molecule has 26 heavy (non-hydrogen) atoms. The number of piperazine rings is 1. The van der Waals surface area contributed by atoms with Crippen molar-refractivity contribution < 1.29 is 9.90 Å². The van der Waals surface area contributed by atoms with Crippen LogP contribution in [0.15, 0.2) is 48.5 Å². The summed E-state index contributed by atoms with van der Waals surface area (Å²) in [6, 6.07) is 14.8. The summed E-state index contributed by atoms with van der Waals surface area (Å²) in [7, 11) is 0.